The molecule has 0 N–H and O–H groups in total. The first-order chi connectivity index (χ1) is 11.4. The summed E-state index contributed by atoms with van der Waals surface area (Å²) in [6, 6.07) is 0. The van der Waals surface area contributed by atoms with E-state index in [1.807, 2.05) is 6.92 Å². The average Bonchev–Trinajstić information content (AvgIpc) is 2.99. The minimum Gasteiger partial charge on any atom is -0.469 e. The van der Waals surface area contributed by atoms with Crippen molar-refractivity contribution in [2.45, 2.75) is 51.0 Å². The Balaban J connectivity index is 1.78. The topological polar surface area (TPSA) is 69.7 Å². The molecule has 128 valence electrons. The lowest BCUT2D eigenvalue weighted by Crippen LogP contribution is -2.46. The van der Waals surface area contributed by atoms with Gasteiger partial charge in [-0.05, 0) is 44.6 Å². The fourth-order valence-electron chi connectivity index (χ4n) is 6.93. The molecule has 0 aromatic heterocycles. The van der Waals surface area contributed by atoms with E-state index in [9.17, 15) is 14.4 Å². The number of esters is 2. The van der Waals surface area contributed by atoms with Crippen molar-refractivity contribution in [1.82, 2.24) is 0 Å². The summed E-state index contributed by atoms with van der Waals surface area (Å²) < 4.78 is 11.2. The van der Waals surface area contributed by atoms with E-state index in [1.54, 1.807) is 0 Å². The molecular formula is C19H22O5. The number of ether oxygens (including phenoxy) is 2. The van der Waals surface area contributed by atoms with Gasteiger partial charge in [-0.2, -0.15) is 0 Å². The quantitative estimate of drug-likeness (QED) is 0.544. The van der Waals surface area contributed by atoms with Crippen molar-refractivity contribution >= 4 is 17.7 Å². The van der Waals surface area contributed by atoms with E-state index in [4.69, 9.17) is 9.47 Å². The highest BCUT2D eigenvalue weighted by Gasteiger charge is 2.80. The normalized spacial score (nSPS) is 50.9. The fourth-order valence-corrected chi connectivity index (χ4v) is 6.93. The van der Waals surface area contributed by atoms with Gasteiger partial charge in [0, 0.05) is 23.7 Å². The molecule has 1 saturated heterocycles. The number of rotatable bonds is 1. The van der Waals surface area contributed by atoms with Gasteiger partial charge >= 0.3 is 11.9 Å². The minimum absolute atomic E-state index is 0.0134. The van der Waals surface area contributed by atoms with Crippen LogP contribution in [0.2, 0.25) is 0 Å². The van der Waals surface area contributed by atoms with Crippen molar-refractivity contribution < 1.29 is 23.9 Å². The van der Waals surface area contributed by atoms with Crippen LogP contribution in [0, 0.1) is 28.6 Å². The number of hydrogen-bond donors (Lipinski definition) is 0. The lowest BCUT2D eigenvalue weighted by atomic mass is 9.60. The second-order valence-electron chi connectivity index (χ2n) is 8.58. The van der Waals surface area contributed by atoms with Crippen LogP contribution >= 0.6 is 0 Å². The molecule has 4 bridgehead atoms. The molecule has 0 unspecified atom stereocenters. The molecule has 0 aromatic carbocycles. The SMILES string of the molecule is COC(=O)[C@H]1[C@@H]2[C@]3(C)CCC[C@@]2(OC3=O)C2=CC[C@@H]3C[C@@]21CC3=O. The van der Waals surface area contributed by atoms with Gasteiger partial charge in [0.25, 0.3) is 0 Å². The van der Waals surface area contributed by atoms with E-state index < -0.39 is 22.3 Å². The maximum absolute atomic E-state index is 12.8. The third-order valence-electron chi connectivity index (χ3n) is 7.71. The summed E-state index contributed by atoms with van der Waals surface area (Å²) in [5, 5.41) is 0. The first-order valence-electron chi connectivity index (χ1n) is 8.94. The second-order valence-corrected chi connectivity index (χ2v) is 8.58. The predicted molar refractivity (Wildman–Crippen MR) is 82.6 cm³/mol. The molecular weight excluding hydrogens is 308 g/mol. The maximum Gasteiger partial charge on any atom is 0.313 e. The molecule has 5 aliphatic rings. The predicted octanol–water partition coefficient (Wildman–Crippen LogP) is 2.19. The van der Waals surface area contributed by atoms with Gasteiger partial charge in [0.15, 0.2) is 0 Å². The summed E-state index contributed by atoms with van der Waals surface area (Å²) >= 11 is 0. The van der Waals surface area contributed by atoms with Gasteiger partial charge in [0.2, 0.25) is 0 Å². The van der Waals surface area contributed by atoms with Gasteiger partial charge in [-0.3, -0.25) is 14.4 Å². The Morgan fingerprint density at radius 3 is 2.88 bits per heavy atom. The number of methoxy groups -OCH3 is 1. The first kappa shape index (κ1) is 14.7. The molecule has 24 heavy (non-hydrogen) atoms. The Hall–Kier alpha value is -1.65. The number of carbonyl (C=O) groups is 3. The summed E-state index contributed by atoms with van der Waals surface area (Å²) in [6.07, 6.45) is 6.37. The van der Waals surface area contributed by atoms with Crippen LogP contribution in [-0.4, -0.2) is 30.4 Å². The third kappa shape index (κ3) is 1.31. The maximum atomic E-state index is 12.8. The van der Waals surface area contributed by atoms with Crippen molar-refractivity contribution in [2.75, 3.05) is 7.11 Å². The number of Topliss-reactive ketones (excluding diaryl/α,β-unsaturated/α-hetero) is 1. The van der Waals surface area contributed by atoms with E-state index in [2.05, 4.69) is 6.08 Å². The van der Waals surface area contributed by atoms with Crippen LogP contribution < -0.4 is 0 Å². The molecule has 0 radical (unpaired) electrons. The van der Waals surface area contributed by atoms with Crippen LogP contribution in [0.5, 0.6) is 0 Å². The van der Waals surface area contributed by atoms with Gasteiger partial charge in [0.1, 0.15) is 11.4 Å². The van der Waals surface area contributed by atoms with E-state index >= 15 is 0 Å². The Morgan fingerprint density at radius 1 is 1.33 bits per heavy atom. The van der Waals surface area contributed by atoms with Crippen LogP contribution in [0.4, 0.5) is 0 Å². The highest BCUT2D eigenvalue weighted by Crippen LogP contribution is 2.75. The van der Waals surface area contributed by atoms with Gasteiger partial charge in [-0.15, -0.1) is 0 Å². The smallest absolute Gasteiger partial charge is 0.313 e. The summed E-state index contributed by atoms with van der Waals surface area (Å²) in [4.78, 5) is 38.1. The lowest BCUT2D eigenvalue weighted by Gasteiger charge is -2.39. The highest BCUT2D eigenvalue weighted by molar-refractivity contribution is 5.92. The Bertz CT molecular complexity index is 723. The van der Waals surface area contributed by atoms with Crippen molar-refractivity contribution in [3.63, 3.8) is 0 Å². The number of carbonyl (C=O) groups excluding carboxylic acids is 3. The fraction of sp³-hybridized carbons (Fsp3) is 0.737. The molecule has 1 spiro atoms. The molecule has 0 amide bonds. The molecule has 1 aliphatic heterocycles. The number of allylic oxidation sites excluding steroid dienone is 1. The molecule has 6 atom stereocenters. The van der Waals surface area contributed by atoms with Crippen molar-refractivity contribution in [3.8, 4) is 0 Å². The first-order valence-corrected chi connectivity index (χ1v) is 8.94. The Labute approximate surface area is 140 Å². The molecule has 4 fully saturated rings. The molecule has 1 heterocycles. The molecule has 3 saturated carbocycles. The Kier molecular flexibility index (Phi) is 2.52. The van der Waals surface area contributed by atoms with Crippen LogP contribution in [0.1, 0.15) is 45.4 Å². The number of fused-ring (bicyclic) bond motifs is 1. The van der Waals surface area contributed by atoms with Crippen LogP contribution in [0.25, 0.3) is 0 Å². The largest absolute Gasteiger partial charge is 0.469 e. The van der Waals surface area contributed by atoms with Crippen LogP contribution in [0.3, 0.4) is 0 Å². The average molecular weight is 330 g/mol. The third-order valence-corrected chi connectivity index (χ3v) is 7.71. The van der Waals surface area contributed by atoms with Crippen LogP contribution in [-0.2, 0) is 23.9 Å². The van der Waals surface area contributed by atoms with Gasteiger partial charge < -0.3 is 9.47 Å². The number of hydrogen-bond acceptors (Lipinski definition) is 5. The monoisotopic (exact) mass is 330 g/mol. The van der Waals surface area contributed by atoms with Gasteiger partial charge in [-0.1, -0.05) is 6.08 Å². The number of ketones is 1. The van der Waals surface area contributed by atoms with E-state index in [0.29, 0.717) is 19.3 Å². The van der Waals surface area contributed by atoms with Crippen LogP contribution in [0.15, 0.2) is 11.6 Å². The second kappa shape index (κ2) is 4.12. The van der Waals surface area contributed by atoms with Crippen molar-refractivity contribution in [1.29, 1.82) is 0 Å². The molecule has 5 heteroatoms. The summed E-state index contributed by atoms with van der Waals surface area (Å²) in [7, 11) is 1.40. The molecule has 0 aromatic rings. The summed E-state index contributed by atoms with van der Waals surface area (Å²) in [6.45, 7) is 1.94. The summed E-state index contributed by atoms with van der Waals surface area (Å²) in [5.74, 6) is -0.845. The minimum atomic E-state index is -0.682. The zero-order valence-corrected chi connectivity index (χ0v) is 14.1. The molecule has 5 rings (SSSR count). The Morgan fingerprint density at radius 2 is 2.12 bits per heavy atom. The van der Waals surface area contributed by atoms with Crippen molar-refractivity contribution in [3.05, 3.63) is 11.6 Å². The summed E-state index contributed by atoms with van der Waals surface area (Å²) in [5.41, 5.74) is -0.748. The highest BCUT2D eigenvalue weighted by atomic mass is 16.6. The lowest BCUT2D eigenvalue weighted by molar-refractivity contribution is -0.154. The zero-order valence-electron chi connectivity index (χ0n) is 14.1. The van der Waals surface area contributed by atoms with Gasteiger partial charge in [0.05, 0.1) is 18.4 Å². The van der Waals surface area contributed by atoms with E-state index in [-0.39, 0.29) is 29.6 Å². The van der Waals surface area contributed by atoms with E-state index in [1.165, 1.54) is 7.11 Å². The standard InChI is InChI=1S/C19H22O5/c1-17-6-3-7-19(24-16(17)22)12-5-4-10-8-18(12,9-11(10)20)13(14(17)19)15(21)23-2/h5,10,13-14H,3-4,6-9H2,1-2H3/t10-,13-,14-,17+,18-,19-/m1/s1. The van der Waals surface area contributed by atoms with Gasteiger partial charge in [-0.25, -0.2) is 0 Å². The zero-order chi connectivity index (χ0) is 16.9. The molecule has 5 nitrogen and oxygen atoms in total. The van der Waals surface area contributed by atoms with Crippen molar-refractivity contribution in [2.24, 2.45) is 28.6 Å². The molecule has 4 aliphatic carbocycles. The van der Waals surface area contributed by atoms with E-state index in [0.717, 1.165) is 24.8 Å².